The first-order valence-electron chi connectivity index (χ1n) is 8.97. The van der Waals surface area contributed by atoms with Gasteiger partial charge in [0, 0.05) is 24.8 Å². The molecule has 0 spiro atoms. The second kappa shape index (κ2) is 9.07. The van der Waals surface area contributed by atoms with Crippen molar-refractivity contribution < 1.29 is 29.0 Å². The fraction of sp³-hybridized carbons (Fsp3) is 0.250. The van der Waals surface area contributed by atoms with Gasteiger partial charge in [-0.1, -0.05) is 6.07 Å². The quantitative estimate of drug-likeness (QED) is 0.546. The molecule has 2 aromatic rings. The molecule has 4 N–H and O–H groups in total. The third kappa shape index (κ3) is 5.45. The summed E-state index contributed by atoms with van der Waals surface area (Å²) in [6, 6.07) is 11.5. The molecule has 0 bridgehead atoms. The molecule has 9 heteroatoms. The molecule has 2 aromatic carbocycles. The first-order valence-corrected chi connectivity index (χ1v) is 8.97. The van der Waals surface area contributed by atoms with Crippen molar-refractivity contribution in [1.29, 1.82) is 0 Å². The number of nitrogens with one attached hydrogen (secondary N) is 3. The number of ether oxygens (including phenoxy) is 2. The molecule has 3 rings (SSSR count). The van der Waals surface area contributed by atoms with Crippen LogP contribution in [0.1, 0.15) is 25.0 Å². The van der Waals surface area contributed by atoms with E-state index in [1.165, 1.54) is 6.92 Å². The predicted octanol–water partition coefficient (Wildman–Crippen LogP) is 1.55. The summed E-state index contributed by atoms with van der Waals surface area (Å²) in [5, 5.41) is 17.8. The van der Waals surface area contributed by atoms with Crippen molar-refractivity contribution in [3.05, 3.63) is 48.0 Å². The van der Waals surface area contributed by atoms with Gasteiger partial charge < -0.3 is 30.5 Å². The van der Waals surface area contributed by atoms with E-state index in [9.17, 15) is 19.5 Å². The molecule has 0 saturated carbocycles. The fourth-order valence-electron chi connectivity index (χ4n) is 2.72. The van der Waals surface area contributed by atoms with Gasteiger partial charge in [0.25, 0.3) is 0 Å². The van der Waals surface area contributed by atoms with Crippen molar-refractivity contribution in [2.24, 2.45) is 0 Å². The van der Waals surface area contributed by atoms with Crippen LogP contribution in [-0.2, 0) is 14.4 Å². The summed E-state index contributed by atoms with van der Waals surface area (Å²) in [5.74, 6) is -0.654. The lowest BCUT2D eigenvalue weighted by molar-refractivity contribution is -0.136. The summed E-state index contributed by atoms with van der Waals surface area (Å²) in [5.41, 5.74) is 1.63. The molecular weight excluding hydrogens is 378 g/mol. The number of aliphatic hydroxyl groups is 1. The van der Waals surface area contributed by atoms with Crippen molar-refractivity contribution in [3.8, 4) is 11.5 Å². The van der Waals surface area contributed by atoms with Crippen LogP contribution in [0.5, 0.6) is 11.5 Å². The topological polar surface area (TPSA) is 126 Å². The third-order valence-electron chi connectivity index (χ3n) is 4.15. The maximum Gasteiger partial charge on any atom is 0.313 e. The smallest absolute Gasteiger partial charge is 0.313 e. The minimum absolute atomic E-state index is 0.114. The number of amides is 3. The van der Waals surface area contributed by atoms with Crippen LogP contribution in [0, 0.1) is 0 Å². The molecule has 0 aliphatic carbocycles. The maximum absolute atomic E-state index is 12.0. The lowest BCUT2D eigenvalue weighted by atomic mass is 10.1. The molecule has 1 aliphatic heterocycles. The number of benzene rings is 2. The minimum atomic E-state index is -0.825. The number of aliphatic hydroxyl groups excluding tert-OH is 1. The van der Waals surface area contributed by atoms with Crippen molar-refractivity contribution in [1.82, 2.24) is 5.32 Å². The molecular formula is C20H21N3O6. The molecule has 9 nitrogen and oxygen atoms in total. The number of anilines is 2. The number of carbonyl (C=O) groups excluding carboxylic acids is 3. The molecule has 3 amide bonds. The van der Waals surface area contributed by atoms with Crippen LogP contribution in [0.15, 0.2) is 42.5 Å². The zero-order valence-corrected chi connectivity index (χ0v) is 15.7. The Morgan fingerprint density at radius 3 is 2.31 bits per heavy atom. The lowest BCUT2D eigenvalue weighted by Gasteiger charge is -2.12. The van der Waals surface area contributed by atoms with E-state index in [0.717, 1.165) is 0 Å². The Balaban J connectivity index is 1.44. The van der Waals surface area contributed by atoms with E-state index in [0.29, 0.717) is 28.4 Å². The van der Waals surface area contributed by atoms with Crippen LogP contribution in [-0.4, -0.2) is 36.2 Å². The van der Waals surface area contributed by atoms with Gasteiger partial charge in [-0.3, -0.25) is 14.4 Å². The molecule has 1 heterocycles. The third-order valence-corrected chi connectivity index (χ3v) is 4.15. The van der Waals surface area contributed by atoms with Gasteiger partial charge in [-0.15, -0.1) is 0 Å². The number of hydrogen-bond donors (Lipinski definition) is 4. The van der Waals surface area contributed by atoms with Gasteiger partial charge >= 0.3 is 11.8 Å². The van der Waals surface area contributed by atoms with Crippen LogP contribution >= 0.6 is 0 Å². The number of hydrogen-bond acceptors (Lipinski definition) is 6. The van der Waals surface area contributed by atoms with E-state index in [2.05, 4.69) is 16.0 Å². The van der Waals surface area contributed by atoms with Gasteiger partial charge in [-0.05, 0) is 48.4 Å². The van der Waals surface area contributed by atoms with Crippen LogP contribution in [0.3, 0.4) is 0 Å². The van der Waals surface area contributed by atoms with Gasteiger partial charge in [0.1, 0.15) is 0 Å². The second-order valence-corrected chi connectivity index (χ2v) is 6.39. The Labute approximate surface area is 167 Å². The highest BCUT2D eigenvalue weighted by atomic mass is 16.7. The van der Waals surface area contributed by atoms with Crippen LogP contribution in [0.25, 0.3) is 0 Å². The van der Waals surface area contributed by atoms with Gasteiger partial charge in [-0.25, -0.2) is 0 Å². The van der Waals surface area contributed by atoms with E-state index in [-0.39, 0.29) is 25.7 Å². The number of rotatable bonds is 6. The molecule has 29 heavy (non-hydrogen) atoms. The standard InChI is InChI=1S/C20H21N3O6/c1-12(24)22-14-3-5-15(6-4-14)23-20(27)19(26)21-9-8-16(25)13-2-7-17-18(10-13)29-11-28-17/h2-7,10,16,25H,8-9,11H2,1H3,(H,21,26)(H,22,24)(H,23,27). The minimum Gasteiger partial charge on any atom is -0.454 e. The Morgan fingerprint density at radius 1 is 0.966 bits per heavy atom. The average Bonchev–Trinajstić information content (AvgIpc) is 3.16. The SMILES string of the molecule is CC(=O)Nc1ccc(NC(=O)C(=O)NCCC(O)c2ccc3c(c2)OCO3)cc1. The van der Waals surface area contributed by atoms with Gasteiger partial charge in [0.05, 0.1) is 6.10 Å². The summed E-state index contributed by atoms with van der Waals surface area (Å²) in [7, 11) is 0. The van der Waals surface area contributed by atoms with E-state index >= 15 is 0 Å². The first-order chi connectivity index (χ1) is 13.9. The molecule has 152 valence electrons. The molecule has 1 unspecified atom stereocenters. The Morgan fingerprint density at radius 2 is 1.62 bits per heavy atom. The highest BCUT2D eigenvalue weighted by Crippen LogP contribution is 2.34. The predicted molar refractivity (Wildman–Crippen MR) is 105 cm³/mol. The summed E-state index contributed by atoms with van der Waals surface area (Å²) < 4.78 is 10.5. The van der Waals surface area contributed by atoms with Gasteiger partial charge in [0.15, 0.2) is 11.5 Å². The van der Waals surface area contributed by atoms with E-state index in [4.69, 9.17) is 9.47 Å². The van der Waals surface area contributed by atoms with E-state index < -0.39 is 17.9 Å². The zero-order chi connectivity index (χ0) is 20.8. The Hall–Kier alpha value is -3.59. The normalized spacial score (nSPS) is 12.8. The van der Waals surface area contributed by atoms with Crippen LogP contribution in [0.4, 0.5) is 11.4 Å². The monoisotopic (exact) mass is 399 g/mol. The zero-order valence-electron chi connectivity index (χ0n) is 15.7. The Bertz CT molecular complexity index is 913. The van der Waals surface area contributed by atoms with Gasteiger partial charge in [0.2, 0.25) is 12.7 Å². The largest absolute Gasteiger partial charge is 0.454 e. The molecule has 0 fully saturated rings. The highest BCUT2D eigenvalue weighted by Gasteiger charge is 2.18. The fourth-order valence-corrected chi connectivity index (χ4v) is 2.72. The van der Waals surface area contributed by atoms with E-state index in [1.54, 1.807) is 42.5 Å². The molecule has 0 saturated heterocycles. The summed E-state index contributed by atoms with van der Waals surface area (Å²) >= 11 is 0. The molecule has 0 radical (unpaired) electrons. The molecule has 1 aliphatic rings. The van der Waals surface area contributed by atoms with Gasteiger partial charge in [-0.2, -0.15) is 0 Å². The maximum atomic E-state index is 12.0. The van der Waals surface area contributed by atoms with E-state index in [1.807, 2.05) is 0 Å². The lowest BCUT2D eigenvalue weighted by Crippen LogP contribution is -2.36. The summed E-state index contributed by atoms with van der Waals surface area (Å²) in [6.07, 6.45) is -0.599. The molecule has 1 atom stereocenters. The number of carbonyl (C=O) groups is 3. The number of fused-ring (bicyclic) bond motifs is 1. The van der Waals surface area contributed by atoms with Crippen LogP contribution in [0.2, 0.25) is 0 Å². The summed E-state index contributed by atoms with van der Waals surface area (Å²) in [6.45, 7) is 1.66. The van der Waals surface area contributed by atoms with Crippen molar-refractivity contribution in [2.75, 3.05) is 24.0 Å². The van der Waals surface area contributed by atoms with Crippen LogP contribution < -0.4 is 25.4 Å². The van der Waals surface area contributed by atoms with Crippen molar-refractivity contribution in [3.63, 3.8) is 0 Å². The highest BCUT2D eigenvalue weighted by molar-refractivity contribution is 6.39. The molecule has 0 aromatic heterocycles. The average molecular weight is 399 g/mol. The summed E-state index contributed by atoms with van der Waals surface area (Å²) in [4.78, 5) is 34.9. The Kier molecular flexibility index (Phi) is 6.30. The first kappa shape index (κ1) is 20.2. The van der Waals surface area contributed by atoms with Crippen molar-refractivity contribution >= 4 is 29.1 Å². The van der Waals surface area contributed by atoms with Crippen molar-refractivity contribution in [2.45, 2.75) is 19.4 Å². The second-order valence-electron chi connectivity index (χ2n) is 6.39.